The summed E-state index contributed by atoms with van der Waals surface area (Å²) in [7, 11) is -2.41. The molecule has 2 amide bonds. The zero-order valence-corrected chi connectivity index (χ0v) is 33.3. The van der Waals surface area contributed by atoms with Crippen LogP contribution in [-0.4, -0.2) is 80.8 Å². The maximum atomic E-state index is 14.7. The average molecular weight is 808 g/mol. The molecule has 0 spiro atoms. The van der Waals surface area contributed by atoms with E-state index in [1.165, 1.54) is 20.0 Å². The number of ether oxygens (including phenoxy) is 1. The van der Waals surface area contributed by atoms with E-state index in [0.717, 1.165) is 59.0 Å². The third kappa shape index (κ3) is 7.26. The minimum Gasteiger partial charge on any atom is -0.497 e. The lowest BCUT2D eigenvalue weighted by atomic mass is 9.81. The SMILES string of the molecule is COc1ccc2c(c1)C=C(c1c(C(=O)N3C4CCC3CC(C)(O)C4)cnn1CC(F)(F)F)Cn1c-2c(C2CCCCC2)c2ccc(C(=O)NS(=O)(=O)C(C)C)cc21. The number of aliphatic hydroxyl groups is 1. The van der Waals surface area contributed by atoms with Gasteiger partial charge < -0.3 is 19.3 Å². The molecule has 2 bridgehead atoms. The maximum Gasteiger partial charge on any atom is 0.408 e. The Hall–Kier alpha value is -4.63. The van der Waals surface area contributed by atoms with Crippen LogP contribution in [-0.2, 0) is 23.1 Å². The summed E-state index contributed by atoms with van der Waals surface area (Å²) < 4.78 is 79.2. The van der Waals surface area contributed by atoms with Gasteiger partial charge in [-0.15, -0.1) is 0 Å². The summed E-state index contributed by atoms with van der Waals surface area (Å²) >= 11 is 0. The van der Waals surface area contributed by atoms with Crippen LogP contribution in [0.2, 0.25) is 0 Å². The monoisotopic (exact) mass is 807 g/mol. The Labute approximate surface area is 329 Å². The first-order chi connectivity index (χ1) is 26.9. The summed E-state index contributed by atoms with van der Waals surface area (Å²) in [5.41, 5.74) is 3.64. The van der Waals surface area contributed by atoms with Gasteiger partial charge in [-0.2, -0.15) is 18.3 Å². The zero-order valence-electron chi connectivity index (χ0n) is 32.5. The summed E-state index contributed by atoms with van der Waals surface area (Å²) in [6, 6.07) is 10.2. The van der Waals surface area contributed by atoms with E-state index in [1.54, 1.807) is 31.1 Å². The van der Waals surface area contributed by atoms with Crippen LogP contribution >= 0.6 is 0 Å². The first kappa shape index (κ1) is 39.2. The summed E-state index contributed by atoms with van der Waals surface area (Å²) in [6.07, 6.45) is 5.50. The average Bonchev–Trinajstić information content (AvgIpc) is 3.75. The number of nitrogens with one attached hydrogen (secondary N) is 1. The third-order valence-corrected chi connectivity index (χ3v) is 14.0. The Morgan fingerprint density at radius 2 is 1.72 bits per heavy atom. The van der Waals surface area contributed by atoms with Crippen molar-refractivity contribution >= 4 is 44.4 Å². The lowest BCUT2D eigenvalue weighted by Crippen LogP contribution is -2.52. The van der Waals surface area contributed by atoms with Gasteiger partial charge in [0.1, 0.15) is 12.3 Å². The van der Waals surface area contributed by atoms with E-state index in [-0.39, 0.29) is 41.4 Å². The first-order valence-corrected chi connectivity index (χ1v) is 21.3. The number of alkyl halides is 3. The van der Waals surface area contributed by atoms with E-state index >= 15 is 0 Å². The van der Waals surface area contributed by atoms with Crippen molar-refractivity contribution in [2.45, 2.75) is 127 Å². The molecule has 1 aliphatic carbocycles. The number of rotatable bonds is 8. The summed E-state index contributed by atoms with van der Waals surface area (Å²) in [5, 5.41) is 15.2. The van der Waals surface area contributed by atoms with Gasteiger partial charge in [0.2, 0.25) is 10.0 Å². The molecule has 8 rings (SSSR count). The van der Waals surface area contributed by atoms with E-state index in [0.29, 0.717) is 48.1 Å². The van der Waals surface area contributed by atoms with Crippen molar-refractivity contribution in [3.05, 3.63) is 70.5 Å². The number of carbonyl (C=O) groups is 2. The van der Waals surface area contributed by atoms with Crippen LogP contribution in [0.5, 0.6) is 5.75 Å². The predicted octanol–water partition coefficient (Wildman–Crippen LogP) is 7.66. The zero-order chi connectivity index (χ0) is 40.6. The molecule has 2 saturated heterocycles. The van der Waals surface area contributed by atoms with Crippen LogP contribution in [0.15, 0.2) is 42.6 Å². The number of nitrogens with zero attached hydrogens (tertiary/aromatic N) is 4. The van der Waals surface area contributed by atoms with Crippen LogP contribution in [0.3, 0.4) is 0 Å². The predicted molar refractivity (Wildman–Crippen MR) is 210 cm³/mol. The van der Waals surface area contributed by atoms with Gasteiger partial charge >= 0.3 is 6.18 Å². The second-order valence-electron chi connectivity index (χ2n) is 16.7. The number of piperidine rings is 1. The highest BCUT2D eigenvalue weighted by atomic mass is 32.2. The smallest absolute Gasteiger partial charge is 0.408 e. The van der Waals surface area contributed by atoms with Crippen molar-refractivity contribution in [1.29, 1.82) is 0 Å². The molecular weight excluding hydrogens is 760 g/mol. The normalized spacial score (nSPS) is 22.6. The highest BCUT2D eigenvalue weighted by Gasteiger charge is 2.48. The second-order valence-corrected chi connectivity index (χ2v) is 19.0. The van der Waals surface area contributed by atoms with Crippen molar-refractivity contribution in [3.63, 3.8) is 0 Å². The second kappa shape index (κ2) is 14.3. The van der Waals surface area contributed by atoms with Crippen LogP contribution in [0, 0.1) is 0 Å². The van der Waals surface area contributed by atoms with Crippen molar-refractivity contribution in [3.8, 4) is 17.0 Å². The topological polar surface area (TPSA) is 136 Å². The van der Waals surface area contributed by atoms with Crippen molar-refractivity contribution < 1.29 is 41.0 Å². The van der Waals surface area contributed by atoms with Crippen LogP contribution in [0.4, 0.5) is 13.2 Å². The molecule has 0 radical (unpaired) electrons. The molecule has 2 atom stereocenters. The molecule has 4 aromatic rings. The number of carbonyl (C=O) groups excluding carboxylic acids is 2. The van der Waals surface area contributed by atoms with Crippen LogP contribution in [0.25, 0.3) is 33.8 Å². The molecule has 15 heteroatoms. The van der Waals surface area contributed by atoms with E-state index in [9.17, 15) is 36.3 Å². The number of aromatic nitrogens is 3. The van der Waals surface area contributed by atoms with Crippen molar-refractivity contribution in [1.82, 2.24) is 24.0 Å². The minimum atomic E-state index is -4.66. The largest absolute Gasteiger partial charge is 0.497 e. The van der Waals surface area contributed by atoms with E-state index in [2.05, 4.69) is 9.82 Å². The van der Waals surface area contributed by atoms with Gasteiger partial charge in [-0.05, 0) is 118 Å². The van der Waals surface area contributed by atoms with E-state index in [4.69, 9.17) is 4.74 Å². The fourth-order valence-electron chi connectivity index (χ4n) is 9.73. The highest BCUT2D eigenvalue weighted by Crippen LogP contribution is 2.49. The Kier molecular flexibility index (Phi) is 9.86. The lowest BCUT2D eigenvalue weighted by Gasteiger charge is -2.42. The summed E-state index contributed by atoms with van der Waals surface area (Å²) in [4.78, 5) is 29.9. The van der Waals surface area contributed by atoms with Gasteiger partial charge in [0.25, 0.3) is 11.8 Å². The molecule has 1 saturated carbocycles. The Morgan fingerprint density at radius 1 is 1.02 bits per heavy atom. The van der Waals surface area contributed by atoms with Gasteiger partial charge in [0.05, 0.1) is 47.7 Å². The number of sulfonamides is 1. The van der Waals surface area contributed by atoms with Crippen molar-refractivity contribution in [2.75, 3.05) is 7.11 Å². The van der Waals surface area contributed by atoms with Gasteiger partial charge in [-0.25, -0.2) is 13.1 Å². The molecule has 2 N–H and O–H groups in total. The van der Waals surface area contributed by atoms with E-state index < -0.39 is 45.4 Å². The fraction of sp³-hybridized carbons (Fsp3) is 0.500. The number of amides is 2. The molecule has 304 valence electrons. The highest BCUT2D eigenvalue weighted by molar-refractivity contribution is 7.90. The van der Waals surface area contributed by atoms with Gasteiger partial charge in [0.15, 0.2) is 0 Å². The molecule has 11 nitrogen and oxygen atoms in total. The van der Waals surface area contributed by atoms with Gasteiger partial charge in [-0.1, -0.05) is 25.3 Å². The molecule has 5 heterocycles. The standard InChI is InChI=1S/C42H48F3N5O6S/c1-24(2)57(54,55)47-39(51)26-10-14-33-35(18-26)48-22-28(16-27-17-31(56-4)13-15-32(27)38(48)36(33)25-8-6-5-7-9-25)37-34(21-46-49(37)23-42(43,44)45)40(52)50-29-11-12-30(50)20-41(3,53)19-29/h10,13-18,21,24-25,29-30,53H,5-9,11-12,19-20,22-23H2,1-4H3,(H,47,51). The van der Waals surface area contributed by atoms with Crippen LogP contribution in [0.1, 0.15) is 122 Å². The summed E-state index contributed by atoms with van der Waals surface area (Å²) in [6.45, 7) is 3.29. The number of hydrogen-bond acceptors (Lipinski definition) is 7. The molecule has 3 aliphatic heterocycles. The molecule has 2 aromatic carbocycles. The number of allylic oxidation sites excluding steroid dienone is 1. The number of benzene rings is 2. The molecule has 57 heavy (non-hydrogen) atoms. The Morgan fingerprint density at radius 3 is 2.37 bits per heavy atom. The van der Waals surface area contributed by atoms with Gasteiger partial charge in [0, 0.05) is 34.1 Å². The molecule has 3 fully saturated rings. The fourth-order valence-corrected chi connectivity index (χ4v) is 10.3. The number of methoxy groups -OCH3 is 1. The number of halogens is 3. The molecule has 2 aromatic heterocycles. The van der Waals surface area contributed by atoms with Gasteiger partial charge in [-0.3, -0.25) is 14.3 Å². The number of hydrogen-bond donors (Lipinski definition) is 2. The number of fused-ring (bicyclic) bond motifs is 7. The summed E-state index contributed by atoms with van der Waals surface area (Å²) in [5.74, 6) is -0.533. The van der Waals surface area contributed by atoms with E-state index in [1.807, 2.05) is 34.9 Å². The minimum absolute atomic E-state index is 0.0102. The molecule has 2 unspecified atom stereocenters. The Bertz CT molecular complexity index is 2390. The third-order valence-electron chi connectivity index (χ3n) is 12.3. The maximum absolute atomic E-state index is 14.7. The Balaban J connectivity index is 1.35. The first-order valence-electron chi connectivity index (χ1n) is 19.7. The van der Waals surface area contributed by atoms with Crippen molar-refractivity contribution in [2.24, 2.45) is 0 Å². The molecular formula is C42H48F3N5O6S. The lowest BCUT2D eigenvalue weighted by molar-refractivity contribution is -0.142. The quantitative estimate of drug-likeness (QED) is 0.187. The molecule has 4 aliphatic rings. The van der Waals surface area contributed by atoms with Crippen LogP contribution < -0.4 is 9.46 Å².